The molecule has 0 fully saturated rings. The molecule has 1 unspecified atom stereocenters. The largest absolute Gasteiger partial charge is 0.487 e. The minimum atomic E-state index is -0.0430. The molecule has 0 bridgehead atoms. The molecule has 24 heavy (non-hydrogen) atoms. The zero-order chi connectivity index (χ0) is 16.5. The van der Waals surface area contributed by atoms with Crippen LogP contribution in [0.2, 0.25) is 5.02 Å². The van der Waals surface area contributed by atoms with Gasteiger partial charge in [-0.2, -0.15) is 0 Å². The van der Waals surface area contributed by atoms with Gasteiger partial charge in [-0.05, 0) is 31.2 Å². The smallest absolute Gasteiger partial charge is 0.191 e. The first-order valence-corrected chi connectivity index (χ1v) is 7.95. The molecule has 0 aliphatic rings. The summed E-state index contributed by atoms with van der Waals surface area (Å²) in [4.78, 5) is 4.19. The predicted octanol–water partition coefficient (Wildman–Crippen LogP) is 3.73. The van der Waals surface area contributed by atoms with Gasteiger partial charge in [0, 0.05) is 20.0 Å². The lowest BCUT2D eigenvalue weighted by molar-refractivity contribution is 0.224. The number of nitrogens with one attached hydrogen (secondary N) is 2. The van der Waals surface area contributed by atoms with Gasteiger partial charge >= 0.3 is 0 Å². The Morgan fingerprint density at radius 1 is 1.25 bits per heavy atom. The molecule has 1 aromatic carbocycles. The number of guanidine groups is 1. The van der Waals surface area contributed by atoms with E-state index in [0.717, 1.165) is 24.7 Å². The fourth-order valence-corrected chi connectivity index (χ4v) is 2.20. The van der Waals surface area contributed by atoms with Gasteiger partial charge in [-0.1, -0.05) is 23.7 Å². The normalized spacial score (nSPS) is 12.2. The highest BCUT2D eigenvalue weighted by atomic mass is 127. The Balaban J connectivity index is 0.00000288. The van der Waals surface area contributed by atoms with E-state index in [2.05, 4.69) is 15.6 Å². The Hall–Kier alpha value is -1.41. The third-order valence-electron chi connectivity index (χ3n) is 3.19. The van der Waals surface area contributed by atoms with Crippen LogP contribution >= 0.6 is 35.6 Å². The number of aliphatic imine (C=N–C) groups is 1. The van der Waals surface area contributed by atoms with E-state index < -0.39 is 0 Å². The fraction of sp³-hybridized carbons (Fsp3) is 0.353. The van der Waals surface area contributed by atoms with E-state index in [1.165, 1.54) is 0 Å². The van der Waals surface area contributed by atoms with Crippen molar-refractivity contribution in [3.63, 3.8) is 0 Å². The number of para-hydroxylation sites is 1. The molecule has 7 heteroatoms. The first kappa shape index (κ1) is 20.6. The van der Waals surface area contributed by atoms with E-state index in [1.54, 1.807) is 13.3 Å². The summed E-state index contributed by atoms with van der Waals surface area (Å²) in [5, 5.41) is 7.08. The number of rotatable bonds is 7. The molecule has 0 aliphatic carbocycles. The summed E-state index contributed by atoms with van der Waals surface area (Å²) in [6, 6.07) is 11.3. The lowest BCUT2D eigenvalue weighted by Crippen LogP contribution is -2.42. The van der Waals surface area contributed by atoms with Crippen LogP contribution in [-0.2, 0) is 6.42 Å². The Kier molecular flexibility index (Phi) is 9.63. The summed E-state index contributed by atoms with van der Waals surface area (Å²) in [6.07, 6.45) is 2.44. The molecule has 0 radical (unpaired) electrons. The molecule has 2 N–H and O–H groups in total. The van der Waals surface area contributed by atoms with Crippen molar-refractivity contribution in [3.8, 4) is 5.75 Å². The molecule has 1 atom stereocenters. The van der Waals surface area contributed by atoms with Crippen LogP contribution in [0.1, 0.15) is 12.7 Å². The second-order valence-electron chi connectivity index (χ2n) is 5.07. The van der Waals surface area contributed by atoms with E-state index in [0.29, 0.717) is 17.3 Å². The molecule has 1 aromatic heterocycles. The number of benzene rings is 1. The molecule has 5 nitrogen and oxygen atoms in total. The minimum Gasteiger partial charge on any atom is -0.487 e. The van der Waals surface area contributed by atoms with Crippen LogP contribution in [0.5, 0.6) is 5.75 Å². The predicted molar refractivity (Wildman–Crippen MR) is 109 cm³/mol. The van der Waals surface area contributed by atoms with E-state index >= 15 is 0 Å². The zero-order valence-corrected chi connectivity index (χ0v) is 16.9. The van der Waals surface area contributed by atoms with Crippen LogP contribution < -0.4 is 15.4 Å². The zero-order valence-electron chi connectivity index (χ0n) is 13.8. The maximum atomic E-state index is 6.09. The maximum Gasteiger partial charge on any atom is 0.191 e. The van der Waals surface area contributed by atoms with Gasteiger partial charge in [-0.25, -0.2) is 0 Å². The van der Waals surface area contributed by atoms with Crippen LogP contribution in [0.25, 0.3) is 0 Å². The van der Waals surface area contributed by atoms with Gasteiger partial charge in [-0.3, -0.25) is 4.99 Å². The van der Waals surface area contributed by atoms with Crippen molar-refractivity contribution in [2.45, 2.75) is 19.4 Å². The number of nitrogens with zero attached hydrogens (tertiary/aromatic N) is 1. The summed E-state index contributed by atoms with van der Waals surface area (Å²) in [6.45, 7) is 3.34. The lowest BCUT2D eigenvalue weighted by Gasteiger charge is -2.18. The molecular formula is C17H23ClIN3O2. The molecule has 1 heterocycles. The molecule has 0 amide bonds. The van der Waals surface area contributed by atoms with Crippen molar-refractivity contribution < 1.29 is 9.15 Å². The first-order chi connectivity index (χ1) is 11.2. The standard InChI is InChI=1S/C17H22ClN3O2.HI/c1-13(23-16-8-4-3-7-15(16)18)12-21-17(19-2)20-10-9-14-6-5-11-22-14;/h3-8,11,13H,9-10,12H2,1-2H3,(H2,19,20,21);1H. The summed E-state index contributed by atoms with van der Waals surface area (Å²) in [5.74, 6) is 2.36. The molecule has 132 valence electrons. The number of hydrogen-bond donors (Lipinski definition) is 2. The van der Waals surface area contributed by atoms with E-state index in [-0.39, 0.29) is 30.1 Å². The van der Waals surface area contributed by atoms with Gasteiger partial charge in [0.2, 0.25) is 0 Å². The van der Waals surface area contributed by atoms with Gasteiger partial charge in [-0.15, -0.1) is 24.0 Å². The monoisotopic (exact) mass is 463 g/mol. The van der Waals surface area contributed by atoms with Crippen molar-refractivity contribution in [1.82, 2.24) is 10.6 Å². The topological polar surface area (TPSA) is 58.8 Å². The molecule has 0 spiro atoms. The highest BCUT2D eigenvalue weighted by molar-refractivity contribution is 14.0. The Labute approximate surface area is 164 Å². The molecule has 2 rings (SSSR count). The summed E-state index contributed by atoms with van der Waals surface area (Å²) in [5.41, 5.74) is 0. The van der Waals surface area contributed by atoms with Gasteiger partial charge in [0.05, 0.1) is 17.8 Å². The van der Waals surface area contributed by atoms with Crippen molar-refractivity contribution >= 4 is 41.5 Å². The second kappa shape index (κ2) is 11.2. The third-order valence-corrected chi connectivity index (χ3v) is 3.50. The Bertz CT molecular complexity index is 620. The number of hydrogen-bond acceptors (Lipinski definition) is 3. The van der Waals surface area contributed by atoms with Crippen LogP contribution in [-0.4, -0.2) is 32.2 Å². The van der Waals surface area contributed by atoms with Crippen LogP contribution in [0, 0.1) is 0 Å². The molecule has 2 aromatic rings. The highest BCUT2D eigenvalue weighted by Crippen LogP contribution is 2.23. The van der Waals surface area contributed by atoms with Gasteiger partial charge in [0.25, 0.3) is 0 Å². The summed E-state index contributed by atoms with van der Waals surface area (Å²) in [7, 11) is 1.74. The fourth-order valence-electron chi connectivity index (χ4n) is 2.02. The first-order valence-electron chi connectivity index (χ1n) is 7.57. The lowest BCUT2D eigenvalue weighted by atomic mass is 10.3. The van der Waals surface area contributed by atoms with Crippen molar-refractivity contribution in [2.75, 3.05) is 20.1 Å². The van der Waals surface area contributed by atoms with E-state index in [1.807, 2.05) is 43.3 Å². The van der Waals surface area contributed by atoms with Gasteiger partial charge < -0.3 is 19.8 Å². The van der Waals surface area contributed by atoms with Crippen LogP contribution in [0.3, 0.4) is 0 Å². The van der Waals surface area contributed by atoms with Gasteiger partial charge in [0.1, 0.15) is 17.6 Å². The average molecular weight is 464 g/mol. The van der Waals surface area contributed by atoms with E-state index in [9.17, 15) is 0 Å². The van der Waals surface area contributed by atoms with Crippen molar-refractivity contribution in [3.05, 3.63) is 53.4 Å². The average Bonchev–Trinajstić information content (AvgIpc) is 3.06. The molecule has 0 saturated carbocycles. The van der Waals surface area contributed by atoms with Gasteiger partial charge in [0.15, 0.2) is 5.96 Å². The third kappa shape index (κ3) is 7.00. The van der Waals surface area contributed by atoms with Crippen LogP contribution in [0.4, 0.5) is 0 Å². The molecule has 0 aliphatic heterocycles. The second-order valence-corrected chi connectivity index (χ2v) is 5.48. The number of halogens is 2. The Morgan fingerprint density at radius 2 is 2.04 bits per heavy atom. The van der Waals surface area contributed by atoms with Crippen molar-refractivity contribution in [1.29, 1.82) is 0 Å². The molecular weight excluding hydrogens is 441 g/mol. The van der Waals surface area contributed by atoms with E-state index in [4.69, 9.17) is 20.8 Å². The Morgan fingerprint density at radius 3 is 2.71 bits per heavy atom. The number of furan rings is 1. The summed E-state index contributed by atoms with van der Waals surface area (Å²) >= 11 is 6.09. The summed E-state index contributed by atoms with van der Waals surface area (Å²) < 4.78 is 11.1. The minimum absolute atomic E-state index is 0. The maximum absolute atomic E-state index is 6.09. The quantitative estimate of drug-likeness (QED) is 0.373. The van der Waals surface area contributed by atoms with Crippen molar-refractivity contribution in [2.24, 2.45) is 4.99 Å². The molecule has 0 saturated heterocycles. The van der Waals surface area contributed by atoms with Crippen LogP contribution in [0.15, 0.2) is 52.1 Å². The number of ether oxygens (including phenoxy) is 1. The SMILES string of the molecule is CN=C(NCCc1ccco1)NCC(C)Oc1ccccc1Cl.I. The highest BCUT2D eigenvalue weighted by Gasteiger charge is 2.08.